The zero-order chi connectivity index (χ0) is 13.3. The lowest BCUT2D eigenvalue weighted by atomic mass is 9.86. The highest BCUT2D eigenvalue weighted by Gasteiger charge is 2.24. The van der Waals surface area contributed by atoms with Crippen molar-refractivity contribution in [1.29, 1.82) is 0 Å². The lowest BCUT2D eigenvalue weighted by Crippen LogP contribution is -2.19. The lowest BCUT2D eigenvalue weighted by molar-refractivity contribution is 0.102. The van der Waals surface area contributed by atoms with Gasteiger partial charge >= 0.3 is 0 Å². The minimum absolute atomic E-state index is 0.0416. The van der Waals surface area contributed by atoms with Crippen LogP contribution in [0.25, 0.3) is 0 Å². The molecule has 1 aliphatic carbocycles. The lowest BCUT2D eigenvalue weighted by Gasteiger charge is -2.30. The summed E-state index contributed by atoms with van der Waals surface area (Å²) in [6.07, 6.45) is 5.09. The van der Waals surface area contributed by atoms with Crippen molar-refractivity contribution in [2.45, 2.75) is 52.5 Å². The Hall–Kier alpha value is -0.760. The van der Waals surface area contributed by atoms with E-state index in [0.717, 1.165) is 17.2 Å². The predicted molar refractivity (Wildman–Crippen MR) is 75.6 cm³/mol. The number of rotatable bonds is 3. The molecular formula is C15H22ClNO. The number of ketones is 1. The zero-order valence-corrected chi connectivity index (χ0v) is 12.3. The molecule has 0 amide bonds. The van der Waals surface area contributed by atoms with Crippen molar-refractivity contribution in [1.82, 2.24) is 4.57 Å². The van der Waals surface area contributed by atoms with Crippen molar-refractivity contribution in [2.75, 3.05) is 5.88 Å². The van der Waals surface area contributed by atoms with Gasteiger partial charge in [-0.3, -0.25) is 4.79 Å². The molecule has 1 fully saturated rings. The highest BCUT2D eigenvalue weighted by atomic mass is 35.5. The fourth-order valence-corrected chi connectivity index (χ4v) is 3.47. The number of aryl methyl sites for hydroxylation is 1. The van der Waals surface area contributed by atoms with Crippen LogP contribution in [0.1, 0.15) is 60.4 Å². The van der Waals surface area contributed by atoms with Crippen LogP contribution in [0.4, 0.5) is 0 Å². The Kier molecular flexibility index (Phi) is 4.16. The number of aromatic nitrogens is 1. The highest BCUT2D eigenvalue weighted by Crippen LogP contribution is 2.35. The summed E-state index contributed by atoms with van der Waals surface area (Å²) in [5, 5.41) is 0. The van der Waals surface area contributed by atoms with Crippen LogP contribution in [-0.4, -0.2) is 16.2 Å². The number of carbonyl (C=O) groups is 1. The van der Waals surface area contributed by atoms with Gasteiger partial charge in [0.15, 0.2) is 5.78 Å². The van der Waals surface area contributed by atoms with Gasteiger partial charge in [0.2, 0.25) is 0 Å². The van der Waals surface area contributed by atoms with Crippen molar-refractivity contribution < 1.29 is 4.79 Å². The maximum atomic E-state index is 11.8. The van der Waals surface area contributed by atoms with Gasteiger partial charge < -0.3 is 4.57 Å². The Labute approximate surface area is 114 Å². The molecule has 2 rings (SSSR count). The zero-order valence-electron chi connectivity index (χ0n) is 11.5. The molecule has 0 bridgehead atoms. The highest BCUT2D eigenvalue weighted by molar-refractivity contribution is 6.30. The van der Waals surface area contributed by atoms with E-state index < -0.39 is 0 Å². The number of carbonyl (C=O) groups excluding carboxylic acids is 1. The van der Waals surface area contributed by atoms with Crippen LogP contribution in [0, 0.1) is 19.8 Å². The molecule has 0 saturated heterocycles. The van der Waals surface area contributed by atoms with Crippen molar-refractivity contribution in [2.24, 2.45) is 5.92 Å². The number of nitrogens with zero attached hydrogens (tertiary/aromatic N) is 1. The fourth-order valence-electron chi connectivity index (χ4n) is 3.33. The van der Waals surface area contributed by atoms with Crippen molar-refractivity contribution in [3.05, 3.63) is 23.0 Å². The molecule has 1 aromatic rings. The van der Waals surface area contributed by atoms with Gasteiger partial charge in [-0.15, -0.1) is 11.6 Å². The monoisotopic (exact) mass is 267 g/mol. The van der Waals surface area contributed by atoms with E-state index in [-0.39, 0.29) is 11.7 Å². The van der Waals surface area contributed by atoms with E-state index in [1.807, 2.05) is 13.0 Å². The minimum atomic E-state index is 0.0416. The molecule has 2 unspecified atom stereocenters. The molecule has 1 aromatic heterocycles. The summed E-state index contributed by atoms with van der Waals surface area (Å²) in [6, 6.07) is 2.56. The van der Waals surface area contributed by atoms with E-state index in [2.05, 4.69) is 18.4 Å². The third-order valence-corrected chi connectivity index (χ3v) is 4.42. The van der Waals surface area contributed by atoms with Crippen LogP contribution in [0.3, 0.4) is 0 Å². The third-order valence-electron chi connectivity index (χ3n) is 4.18. The second-order valence-electron chi connectivity index (χ2n) is 5.64. The quantitative estimate of drug-likeness (QED) is 0.592. The van der Waals surface area contributed by atoms with Gasteiger partial charge in [0, 0.05) is 23.0 Å². The molecule has 2 atom stereocenters. The molecule has 1 aliphatic rings. The fraction of sp³-hybridized carbons (Fsp3) is 0.667. The molecular weight excluding hydrogens is 246 g/mol. The molecule has 0 aliphatic heterocycles. The Morgan fingerprint density at radius 2 is 2.17 bits per heavy atom. The summed E-state index contributed by atoms with van der Waals surface area (Å²) in [6.45, 7) is 6.47. The van der Waals surface area contributed by atoms with Crippen LogP contribution >= 0.6 is 11.6 Å². The average molecular weight is 268 g/mol. The van der Waals surface area contributed by atoms with Crippen molar-refractivity contribution >= 4 is 17.4 Å². The van der Waals surface area contributed by atoms with Crippen LogP contribution < -0.4 is 0 Å². The van der Waals surface area contributed by atoms with E-state index in [4.69, 9.17) is 11.6 Å². The molecule has 100 valence electrons. The van der Waals surface area contributed by atoms with E-state index in [1.165, 1.54) is 31.4 Å². The minimum Gasteiger partial charge on any atom is -0.345 e. The largest absolute Gasteiger partial charge is 0.345 e. The maximum absolute atomic E-state index is 11.8. The summed E-state index contributed by atoms with van der Waals surface area (Å²) in [7, 11) is 0. The van der Waals surface area contributed by atoms with E-state index in [0.29, 0.717) is 6.04 Å². The van der Waals surface area contributed by atoms with Gasteiger partial charge in [0.1, 0.15) is 0 Å². The van der Waals surface area contributed by atoms with Crippen molar-refractivity contribution in [3.63, 3.8) is 0 Å². The first-order chi connectivity index (χ1) is 8.54. The molecule has 0 N–H and O–H groups in total. The number of hydrogen-bond acceptors (Lipinski definition) is 1. The molecule has 0 spiro atoms. The Morgan fingerprint density at radius 3 is 2.78 bits per heavy atom. The predicted octanol–water partition coefficient (Wildman–Crippen LogP) is 4.28. The van der Waals surface area contributed by atoms with Gasteiger partial charge in [-0.2, -0.15) is 0 Å². The van der Waals surface area contributed by atoms with Gasteiger partial charge in [-0.1, -0.05) is 19.8 Å². The molecule has 18 heavy (non-hydrogen) atoms. The maximum Gasteiger partial charge on any atom is 0.179 e. The van der Waals surface area contributed by atoms with Crippen molar-refractivity contribution in [3.8, 4) is 0 Å². The molecule has 0 radical (unpaired) electrons. The van der Waals surface area contributed by atoms with Gasteiger partial charge in [-0.25, -0.2) is 0 Å². The Morgan fingerprint density at radius 1 is 1.44 bits per heavy atom. The van der Waals surface area contributed by atoms with E-state index in [9.17, 15) is 4.79 Å². The first kappa shape index (κ1) is 13.7. The first-order valence-corrected chi connectivity index (χ1v) is 7.35. The first-order valence-electron chi connectivity index (χ1n) is 6.82. The van der Waals surface area contributed by atoms with E-state index in [1.54, 1.807) is 0 Å². The molecule has 2 nitrogen and oxygen atoms in total. The SMILES string of the molecule is Cc1cc(C(=O)CCl)c(C)n1C1CCCC(C)C1. The average Bonchev–Trinajstić information content (AvgIpc) is 2.64. The molecule has 1 heterocycles. The topological polar surface area (TPSA) is 22.0 Å². The Bertz CT molecular complexity index is 450. The third kappa shape index (κ3) is 2.49. The van der Waals surface area contributed by atoms with E-state index >= 15 is 0 Å². The standard InChI is InChI=1S/C15H22ClNO/c1-10-5-4-6-13(7-10)17-11(2)8-14(12(17)3)15(18)9-16/h8,10,13H,4-7,9H2,1-3H3. The van der Waals surface area contributed by atoms with Crippen LogP contribution in [0.2, 0.25) is 0 Å². The van der Waals surface area contributed by atoms with Crippen LogP contribution in [0.15, 0.2) is 6.07 Å². The second kappa shape index (κ2) is 5.48. The Balaban J connectivity index is 2.33. The summed E-state index contributed by atoms with van der Waals surface area (Å²) >= 11 is 5.67. The number of Topliss-reactive ketones (excluding diaryl/α,β-unsaturated/α-hetero) is 1. The van der Waals surface area contributed by atoms with Gasteiger partial charge in [0.05, 0.1) is 5.88 Å². The summed E-state index contributed by atoms with van der Waals surface area (Å²) in [4.78, 5) is 11.8. The number of hydrogen-bond donors (Lipinski definition) is 0. The normalized spacial score (nSPS) is 24.2. The molecule has 0 aromatic carbocycles. The van der Waals surface area contributed by atoms with Crippen LogP contribution in [0.5, 0.6) is 0 Å². The van der Waals surface area contributed by atoms with Crippen LogP contribution in [-0.2, 0) is 0 Å². The van der Waals surface area contributed by atoms with Gasteiger partial charge in [0.25, 0.3) is 0 Å². The smallest absolute Gasteiger partial charge is 0.179 e. The summed E-state index contributed by atoms with van der Waals surface area (Å²) in [5.41, 5.74) is 3.10. The number of alkyl halides is 1. The summed E-state index contributed by atoms with van der Waals surface area (Å²) < 4.78 is 2.36. The molecule has 1 saturated carbocycles. The number of halogens is 1. The van der Waals surface area contributed by atoms with Gasteiger partial charge in [-0.05, 0) is 38.7 Å². The second-order valence-corrected chi connectivity index (χ2v) is 5.90. The summed E-state index contributed by atoms with van der Waals surface area (Å²) in [5.74, 6) is 0.905. The molecule has 3 heteroatoms.